The normalized spacial score (nSPS) is 9.00. The summed E-state index contributed by atoms with van der Waals surface area (Å²) >= 11 is 0. The van der Waals surface area contributed by atoms with Gasteiger partial charge < -0.3 is 14.8 Å². The van der Waals surface area contributed by atoms with Gasteiger partial charge in [0.2, 0.25) is 5.91 Å². The molecule has 1 amide bonds. The number of hydrogen-bond donors (Lipinski definition) is 1. The molecule has 1 rings (SSSR count). The van der Waals surface area contributed by atoms with Gasteiger partial charge in [0.15, 0.2) is 6.29 Å². The van der Waals surface area contributed by atoms with E-state index in [0.29, 0.717) is 28.9 Å². The van der Waals surface area contributed by atoms with Gasteiger partial charge in [-0.15, -0.1) is 0 Å². The van der Waals surface area contributed by atoms with E-state index in [0.717, 1.165) is 0 Å². The lowest BCUT2D eigenvalue weighted by Gasteiger charge is -2.08. The molecule has 0 aliphatic carbocycles. The second-order valence-electron chi connectivity index (χ2n) is 3.62. The number of rotatable bonds is 4. The Morgan fingerprint density at radius 3 is 2.53 bits per heavy atom. The molecule has 1 aromatic carbocycles. The van der Waals surface area contributed by atoms with Gasteiger partial charge >= 0.3 is 0 Å². The zero-order chi connectivity index (χ0) is 14.3. The minimum Gasteiger partial charge on any atom is -0.496 e. The van der Waals surface area contributed by atoms with Crippen molar-refractivity contribution < 1.29 is 19.1 Å². The van der Waals surface area contributed by atoms with E-state index in [4.69, 9.17) is 9.47 Å². The third kappa shape index (κ3) is 4.03. The van der Waals surface area contributed by atoms with Gasteiger partial charge in [-0.05, 0) is 6.07 Å². The Bertz CT molecular complexity index is 540. The quantitative estimate of drug-likeness (QED) is 0.649. The molecule has 1 aromatic rings. The van der Waals surface area contributed by atoms with Gasteiger partial charge in [-0.1, -0.05) is 11.8 Å². The van der Waals surface area contributed by atoms with E-state index in [1.54, 1.807) is 12.1 Å². The maximum Gasteiger partial charge on any atom is 0.217 e. The van der Waals surface area contributed by atoms with E-state index in [2.05, 4.69) is 17.2 Å². The van der Waals surface area contributed by atoms with Crippen LogP contribution in [0.4, 0.5) is 0 Å². The maximum absolute atomic E-state index is 10.9. The summed E-state index contributed by atoms with van der Waals surface area (Å²) < 4.78 is 10.3. The lowest BCUT2D eigenvalue weighted by atomic mass is 10.1. The van der Waals surface area contributed by atoms with Gasteiger partial charge in [0, 0.05) is 13.0 Å². The fraction of sp³-hybridized carbons (Fsp3) is 0.286. The topological polar surface area (TPSA) is 64.6 Å². The Labute approximate surface area is 111 Å². The van der Waals surface area contributed by atoms with Crippen LogP contribution >= 0.6 is 0 Å². The van der Waals surface area contributed by atoms with Gasteiger partial charge in [0.25, 0.3) is 0 Å². The summed E-state index contributed by atoms with van der Waals surface area (Å²) in [7, 11) is 2.97. The van der Waals surface area contributed by atoms with E-state index in [9.17, 15) is 9.59 Å². The Balaban J connectivity index is 3.04. The van der Waals surface area contributed by atoms with Gasteiger partial charge in [-0.3, -0.25) is 9.59 Å². The van der Waals surface area contributed by atoms with Crippen LogP contribution in [0.2, 0.25) is 0 Å². The third-order valence-electron chi connectivity index (χ3n) is 2.33. The fourth-order valence-electron chi connectivity index (χ4n) is 1.42. The van der Waals surface area contributed by atoms with E-state index >= 15 is 0 Å². The molecule has 0 aliphatic heterocycles. The monoisotopic (exact) mass is 261 g/mol. The van der Waals surface area contributed by atoms with Gasteiger partial charge in [0.1, 0.15) is 11.5 Å². The molecule has 1 N–H and O–H groups in total. The van der Waals surface area contributed by atoms with Gasteiger partial charge in [0.05, 0.1) is 31.9 Å². The average molecular weight is 261 g/mol. The van der Waals surface area contributed by atoms with Crippen LogP contribution in [0.3, 0.4) is 0 Å². The molecule has 100 valence electrons. The number of hydrogen-bond acceptors (Lipinski definition) is 4. The number of ether oxygens (including phenoxy) is 2. The van der Waals surface area contributed by atoms with Crippen molar-refractivity contribution in [2.75, 3.05) is 20.8 Å². The molecule has 0 aliphatic rings. The van der Waals surface area contributed by atoms with E-state index in [-0.39, 0.29) is 12.5 Å². The first-order valence-corrected chi connectivity index (χ1v) is 5.57. The van der Waals surface area contributed by atoms with Gasteiger partial charge in [-0.25, -0.2) is 0 Å². The molecular formula is C14H15NO4. The minimum atomic E-state index is -0.143. The molecule has 5 nitrogen and oxygen atoms in total. The van der Waals surface area contributed by atoms with Crippen LogP contribution in [-0.2, 0) is 4.79 Å². The highest BCUT2D eigenvalue weighted by molar-refractivity contribution is 5.81. The summed E-state index contributed by atoms with van der Waals surface area (Å²) in [6.07, 6.45) is 0.690. The van der Waals surface area contributed by atoms with E-state index in [1.807, 2.05) is 0 Å². The van der Waals surface area contributed by atoms with Crippen LogP contribution in [0, 0.1) is 11.8 Å². The molecule has 0 bridgehead atoms. The summed E-state index contributed by atoms with van der Waals surface area (Å²) in [6, 6.07) is 3.19. The molecule has 0 aromatic heterocycles. The molecule has 5 heteroatoms. The smallest absolute Gasteiger partial charge is 0.217 e. The number of methoxy groups -OCH3 is 2. The second kappa shape index (κ2) is 7.07. The minimum absolute atomic E-state index is 0.143. The van der Waals surface area contributed by atoms with Crippen molar-refractivity contribution >= 4 is 12.2 Å². The van der Waals surface area contributed by atoms with Crippen LogP contribution in [-0.4, -0.2) is 33.0 Å². The summed E-state index contributed by atoms with van der Waals surface area (Å²) in [5.74, 6) is 6.42. The Morgan fingerprint density at radius 1 is 1.32 bits per heavy atom. The number of carbonyl (C=O) groups excluding carboxylic acids is 2. The van der Waals surface area contributed by atoms with Crippen LogP contribution < -0.4 is 14.8 Å². The van der Waals surface area contributed by atoms with Crippen molar-refractivity contribution in [3.05, 3.63) is 23.3 Å². The predicted octanol–water partition coefficient (Wildman–Crippen LogP) is 1.00. The number of amides is 1. The average Bonchev–Trinajstić information content (AvgIpc) is 2.42. The molecule has 0 spiro atoms. The maximum atomic E-state index is 10.9. The Hall–Kier alpha value is -2.48. The number of carbonyl (C=O) groups is 2. The number of nitrogens with one attached hydrogen (secondary N) is 1. The largest absolute Gasteiger partial charge is 0.496 e. The first kappa shape index (κ1) is 14.6. The fourth-order valence-corrected chi connectivity index (χ4v) is 1.42. The summed E-state index contributed by atoms with van der Waals surface area (Å²) in [5, 5.41) is 2.56. The second-order valence-corrected chi connectivity index (χ2v) is 3.62. The van der Waals surface area contributed by atoms with Crippen molar-refractivity contribution in [3.8, 4) is 23.3 Å². The van der Waals surface area contributed by atoms with Crippen molar-refractivity contribution in [1.82, 2.24) is 5.32 Å². The van der Waals surface area contributed by atoms with Crippen LogP contribution in [0.25, 0.3) is 0 Å². The highest BCUT2D eigenvalue weighted by atomic mass is 16.5. The van der Waals surface area contributed by atoms with E-state index in [1.165, 1.54) is 21.1 Å². The molecule has 0 saturated carbocycles. The number of aldehydes is 1. The lowest BCUT2D eigenvalue weighted by molar-refractivity contribution is -0.118. The molecule has 0 saturated heterocycles. The zero-order valence-corrected chi connectivity index (χ0v) is 11.1. The van der Waals surface area contributed by atoms with Crippen molar-refractivity contribution in [1.29, 1.82) is 0 Å². The van der Waals surface area contributed by atoms with E-state index < -0.39 is 0 Å². The van der Waals surface area contributed by atoms with Crippen molar-refractivity contribution in [2.24, 2.45) is 0 Å². The summed E-state index contributed by atoms with van der Waals surface area (Å²) in [4.78, 5) is 21.6. The molecule has 0 heterocycles. The van der Waals surface area contributed by atoms with Gasteiger partial charge in [-0.2, -0.15) is 0 Å². The Kier molecular flexibility index (Phi) is 5.42. The highest BCUT2D eigenvalue weighted by Crippen LogP contribution is 2.27. The lowest BCUT2D eigenvalue weighted by Crippen LogP contribution is -2.19. The zero-order valence-electron chi connectivity index (χ0n) is 11.1. The first-order valence-electron chi connectivity index (χ1n) is 5.57. The predicted molar refractivity (Wildman–Crippen MR) is 70.5 cm³/mol. The molecule has 0 unspecified atom stereocenters. The standard InChI is InChI=1S/C14H15NO4/c1-10(17)15-6-4-5-11-7-14(19-3)12(9-16)8-13(11)18-2/h7-9H,6H2,1-3H3,(H,15,17). The molecular weight excluding hydrogens is 246 g/mol. The third-order valence-corrected chi connectivity index (χ3v) is 2.33. The van der Waals surface area contributed by atoms with Crippen LogP contribution in [0.5, 0.6) is 11.5 Å². The Morgan fingerprint density at radius 2 is 2.00 bits per heavy atom. The first-order chi connectivity index (χ1) is 9.12. The SMILES string of the molecule is COc1cc(C=O)c(OC)cc1C#CCNC(C)=O. The summed E-state index contributed by atoms with van der Waals surface area (Å²) in [6.45, 7) is 1.67. The molecule has 0 radical (unpaired) electrons. The van der Waals surface area contributed by atoms with Crippen LogP contribution in [0.15, 0.2) is 12.1 Å². The van der Waals surface area contributed by atoms with Crippen LogP contribution in [0.1, 0.15) is 22.8 Å². The number of benzene rings is 1. The van der Waals surface area contributed by atoms with Crippen molar-refractivity contribution in [3.63, 3.8) is 0 Å². The molecule has 0 fully saturated rings. The van der Waals surface area contributed by atoms with Crippen molar-refractivity contribution in [2.45, 2.75) is 6.92 Å². The molecule has 19 heavy (non-hydrogen) atoms. The highest BCUT2D eigenvalue weighted by Gasteiger charge is 2.09. The molecule has 0 atom stereocenters. The summed E-state index contributed by atoms with van der Waals surface area (Å²) in [5.41, 5.74) is 0.988.